The van der Waals surface area contributed by atoms with Gasteiger partial charge in [-0.25, -0.2) is 0 Å². The van der Waals surface area contributed by atoms with Crippen LogP contribution in [0.2, 0.25) is 5.02 Å². The van der Waals surface area contributed by atoms with Crippen LogP contribution in [0.5, 0.6) is 0 Å². The molecule has 1 atom stereocenters. The van der Waals surface area contributed by atoms with Gasteiger partial charge in [0.05, 0.1) is 6.10 Å². The number of hydrogen-bond donors (Lipinski definition) is 1. The van der Waals surface area contributed by atoms with Gasteiger partial charge in [-0.15, -0.1) is 0 Å². The molecule has 0 aliphatic heterocycles. The molecule has 2 heteroatoms. The highest BCUT2D eigenvalue weighted by Crippen LogP contribution is 2.43. The van der Waals surface area contributed by atoms with Crippen LogP contribution < -0.4 is 0 Å². The number of aliphatic hydroxyl groups excluding tert-OH is 1. The van der Waals surface area contributed by atoms with Crippen LogP contribution in [0.4, 0.5) is 0 Å². The van der Waals surface area contributed by atoms with E-state index in [1.54, 1.807) is 0 Å². The molecule has 1 N–H and O–H groups in total. The number of hydrogen-bond acceptors (Lipinski definition) is 1. The summed E-state index contributed by atoms with van der Waals surface area (Å²) < 4.78 is 0. The van der Waals surface area contributed by atoms with Crippen LogP contribution in [0.3, 0.4) is 0 Å². The van der Waals surface area contributed by atoms with Gasteiger partial charge in [0, 0.05) is 10.4 Å². The Labute approximate surface area is 99.7 Å². The Bertz CT molecular complexity index is 531. The first-order chi connectivity index (χ1) is 7.77. The summed E-state index contributed by atoms with van der Waals surface area (Å²) in [6.07, 6.45) is 1.94. The summed E-state index contributed by atoms with van der Waals surface area (Å²) in [5.74, 6) is 0.449. The zero-order valence-corrected chi connectivity index (χ0v) is 9.61. The van der Waals surface area contributed by atoms with Crippen LogP contribution in [0.1, 0.15) is 24.5 Å². The van der Waals surface area contributed by atoms with E-state index in [-0.39, 0.29) is 6.10 Å². The fraction of sp³-hybridized carbons (Fsp3) is 0.286. The molecule has 1 aliphatic carbocycles. The van der Waals surface area contributed by atoms with Crippen molar-refractivity contribution in [1.82, 2.24) is 0 Å². The number of rotatable bonds is 2. The topological polar surface area (TPSA) is 20.2 Å². The minimum absolute atomic E-state index is 0.331. The molecule has 0 bridgehead atoms. The molecular formula is C14H13ClO. The minimum atomic E-state index is -0.331. The van der Waals surface area contributed by atoms with Crippen LogP contribution in [0.15, 0.2) is 36.4 Å². The Morgan fingerprint density at radius 3 is 2.44 bits per heavy atom. The molecule has 3 rings (SSSR count). The zero-order valence-electron chi connectivity index (χ0n) is 8.86. The largest absolute Gasteiger partial charge is 0.388 e. The van der Waals surface area contributed by atoms with Gasteiger partial charge >= 0.3 is 0 Å². The molecule has 2 aromatic carbocycles. The van der Waals surface area contributed by atoms with Gasteiger partial charge in [0.15, 0.2) is 0 Å². The third kappa shape index (κ3) is 1.60. The maximum atomic E-state index is 10.2. The van der Waals surface area contributed by atoms with E-state index in [0.717, 1.165) is 34.2 Å². The van der Waals surface area contributed by atoms with Crippen molar-refractivity contribution in [2.24, 2.45) is 5.92 Å². The van der Waals surface area contributed by atoms with Crippen LogP contribution in [0, 0.1) is 5.92 Å². The molecule has 0 amide bonds. The summed E-state index contributed by atoms with van der Waals surface area (Å²) in [4.78, 5) is 0. The van der Waals surface area contributed by atoms with Crippen molar-refractivity contribution in [2.75, 3.05) is 0 Å². The summed E-state index contributed by atoms with van der Waals surface area (Å²) in [5, 5.41) is 13.1. The van der Waals surface area contributed by atoms with Crippen molar-refractivity contribution in [3.8, 4) is 0 Å². The molecule has 2 aromatic rings. The second kappa shape index (κ2) is 3.76. The van der Waals surface area contributed by atoms with Gasteiger partial charge in [-0.05, 0) is 35.8 Å². The van der Waals surface area contributed by atoms with Gasteiger partial charge in [0.1, 0.15) is 0 Å². The van der Waals surface area contributed by atoms with Crippen molar-refractivity contribution in [3.05, 3.63) is 47.0 Å². The van der Waals surface area contributed by atoms with Crippen molar-refractivity contribution in [1.29, 1.82) is 0 Å². The van der Waals surface area contributed by atoms with Gasteiger partial charge in [-0.1, -0.05) is 41.9 Å². The van der Waals surface area contributed by atoms with E-state index in [0.29, 0.717) is 5.92 Å². The zero-order chi connectivity index (χ0) is 11.1. The number of fused-ring (bicyclic) bond motifs is 1. The fourth-order valence-corrected chi connectivity index (χ4v) is 2.44. The highest BCUT2D eigenvalue weighted by Gasteiger charge is 2.31. The van der Waals surface area contributed by atoms with E-state index in [4.69, 9.17) is 11.6 Å². The number of aliphatic hydroxyl groups is 1. The van der Waals surface area contributed by atoms with Gasteiger partial charge < -0.3 is 5.11 Å². The first-order valence-electron chi connectivity index (χ1n) is 5.62. The third-order valence-electron chi connectivity index (χ3n) is 3.29. The van der Waals surface area contributed by atoms with Gasteiger partial charge in [-0.3, -0.25) is 0 Å². The fourth-order valence-electron chi connectivity index (χ4n) is 2.21. The lowest BCUT2D eigenvalue weighted by atomic mass is 9.98. The van der Waals surface area contributed by atoms with Crippen LogP contribution >= 0.6 is 11.6 Å². The SMILES string of the molecule is OC(c1ccc(Cl)c2ccccc12)C1CC1. The molecule has 16 heavy (non-hydrogen) atoms. The van der Waals surface area contributed by atoms with Crippen LogP contribution in [-0.2, 0) is 0 Å². The summed E-state index contributed by atoms with van der Waals surface area (Å²) >= 11 is 6.15. The minimum Gasteiger partial charge on any atom is -0.388 e. The second-order valence-electron chi connectivity index (χ2n) is 4.46. The monoisotopic (exact) mass is 232 g/mol. The lowest BCUT2D eigenvalue weighted by Crippen LogP contribution is -2.00. The molecule has 0 aromatic heterocycles. The summed E-state index contributed by atoms with van der Waals surface area (Å²) in [6, 6.07) is 11.8. The van der Waals surface area contributed by atoms with Crippen LogP contribution in [-0.4, -0.2) is 5.11 Å². The summed E-state index contributed by atoms with van der Waals surface area (Å²) in [7, 11) is 0. The standard InChI is InChI=1S/C14H13ClO/c15-13-8-7-12(14(16)9-5-6-9)10-3-1-2-4-11(10)13/h1-4,7-9,14,16H,5-6H2. The Hall–Kier alpha value is -1.05. The molecular weight excluding hydrogens is 220 g/mol. The molecule has 1 aliphatic rings. The predicted octanol–water partition coefficient (Wildman–Crippen LogP) is 3.94. The third-order valence-corrected chi connectivity index (χ3v) is 3.62. The van der Waals surface area contributed by atoms with Crippen molar-refractivity contribution >= 4 is 22.4 Å². The van der Waals surface area contributed by atoms with Crippen LogP contribution in [0.25, 0.3) is 10.8 Å². The van der Waals surface area contributed by atoms with E-state index < -0.39 is 0 Å². The second-order valence-corrected chi connectivity index (χ2v) is 4.87. The van der Waals surface area contributed by atoms with Gasteiger partial charge in [0.2, 0.25) is 0 Å². The molecule has 1 saturated carbocycles. The number of halogens is 1. The first-order valence-corrected chi connectivity index (χ1v) is 6.00. The van der Waals surface area contributed by atoms with Crippen molar-refractivity contribution in [2.45, 2.75) is 18.9 Å². The Kier molecular flexibility index (Phi) is 2.38. The molecule has 0 heterocycles. The Morgan fingerprint density at radius 2 is 1.75 bits per heavy atom. The molecule has 0 saturated heterocycles. The normalized spacial score (nSPS) is 17.6. The van der Waals surface area contributed by atoms with E-state index in [1.165, 1.54) is 0 Å². The highest BCUT2D eigenvalue weighted by atomic mass is 35.5. The lowest BCUT2D eigenvalue weighted by Gasteiger charge is -2.13. The quantitative estimate of drug-likeness (QED) is 0.832. The molecule has 1 nitrogen and oxygen atoms in total. The van der Waals surface area contributed by atoms with Gasteiger partial charge in [0.25, 0.3) is 0 Å². The van der Waals surface area contributed by atoms with Crippen molar-refractivity contribution < 1.29 is 5.11 Å². The van der Waals surface area contributed by atoms with Crippen molar-refractivity contribution in [3.63, 3.8) is 0 Å². The Morgan fingerprint density at radius 1 is 1.06 bits per heavy atom. The smallest absolute Gasteiger partial charge is 0.0824 e. The maximum absolute atomic E-state index is 10.2. The molecule has 1 fully saturated rings. The van der Waals surface area contributed by atoms with E-state index >= 15 is 0 Å². The molecule has 0 radical (unpaired) electrons. The summed E-state index contributed by atoms with van der Waals surface area (Å²) in [5.41, 5.74) is 1.02. The van der Waals surface area contributed by atoms with E-state index in [9.17, 15) is 5.11 Å². The van der Waals surface area contributed by atoms with Gasteiger partial charge in [-0.2, -0.15) is 0 Å². The molecule has 0 spiro atoms. The number of benzene rings is 2. The predicted molar refractivity (Wildman–Crippen MR) is 66.6 cm³/mol. The average molecular weight is 233 g/mol. The first kappa shape index (κ1) is 10.1. The maximum Gasteiger partial charge on any atom is 0.0824 e. The highest BCUT2D eigenvalue weighted by molar-refractivity contribution is 6.35. The summed E-state index contributed by atoms with van der Waals surface area (Å²) in [6.45, 7) is 0. The average Bonchev–Trinajstić information content (AvgIpc) is 3.13. The molecule has 82 valence electrons. The lowest BCUT2D eigenvalue weighted by molar-refractivity contribution is 0.155. The van der Waals surface area contributed by atoms with E-state index in [2.05, 4.69) is 0 Å². The molecule has 1 unspecified atom stereocenters. The van der Waals surface area contributed by atoms with E-state index in [1.807, 2.05) is 36.4 Å². The Balaban J connectivity index is 2.20.